The van der Waals surface area contributed by atoms with Crippen molar-refractivity contribution in [3.8, 4) is 0 Å². The maximum Gasteiger partial charge on any atom is 0.237 e. The van der Waals surface area contributed by atoms with E-state index in [4.69, 9.17) is 0 Å². The van der Waals surface area contributed by atoms with Crippen LogP contribution in [0, 0.1) is 0 Å². The summed E-state index contributed by atoms with van der Waals surface area (Å²) < 4.78 is 0. The van der Waals surface area contributed by atoms with Gasteiger partial charge in [0.2, 0.25) is 5.91 Å². The molecule has 0 aromatic rings. The van der Waals surface area contributed by atoms with Gasteiger partial charge in [0.05, 0.1) is 6.54 Å². The van der Waals surface area contributed by atoms with Crippen LogP contribution in [-0.2, 0) is 4.79 Å². The summed E-state index contributed by atoms with van der Waals surface area (Å²) in [5.74, 6) is 0.267. The first-order valence-electron chi connectivity index (χ1n) is 5.49. The van der Waals surface area contributed by atoms with Gasteiger partial charge in [0.15, 0.2) is 0 Å². The Morgan fingerprint density at radius 1 is 1.43 bits per heavy atom. The molecular formula is C10H19N3O. The fourth-order valence-electron chi connectivity index (χ4n) is 2.63. The van der Waals surface area contributed by atoms with Crippen molar-refractivity contribution in [1.29, 1.82) is 0 Å². The highest BCUT2D eigenvalue weighted by Gasteiger charge is 2.37. The van der Waals surface area contributed by atoms with E-state index in [1.54, 1.807) is 0 Å². The number of nitrogens with zero attached hydrogens (tertiary/aromatic N) is 1. The van der Waals surface area contributed by atoms with Crippen LogP contribution in [0.3, 0.4) is 0 Å². The standard InChI is InChI=1S/C10H19N3O/c1-11-7-10(14)13-8-2-3-9(13)6-12-5-4-8/h8-9,11-12H,2-7H2,1H3. The third kappa shape index (κ3) is 1.77. The Balaban J connectivity index is 2.05. The summed E-state index contributed by atoms with van der Waals surface area (Å²) in [6.07, 6.45) is 3.49. The first-order chi connectivity index (χ1) is 6.83. The zero-order valence-corrected chi connectivity index (χ0v) is 8.75. The van der Waals surface area contributed by atoms with Crippen molar-refractivity contribution in [2.45, 2.75) is 31.3 Å². The predicted molar refractivity (Wildman–Crippen MR) is 55.1 cm³/mol. The Kier molecular flexibility index (Phi) is 3.03. The van der Waals surface area contributed by atoms with Crippen LogP contribution in [0.15, 0.2) is 0 Å². The highest BCUT2D eigenvalue weighted by atomic mass is 16.2. The Morgan fingerprint density at radius 2 is 2.21 bits per heavy atom. The van der Waals surface area contributed by atoms with Crippen LogP contribution in [-0.4, -0.2) is 49.6 Å². The minimum Gasteiger partial charge on any atom is -0.334 e. The monoisotopic (exact) mass is 197 g/mol. The minimum absolute atomic E-state index is 0.267. The van der Waals surface area contributed by atoms with E-state index in [9.17, 15) is 4.79 Å². The van der Waals surface area contributed by atoms with E-state index in [1.165, 1.54) is 12.8 Å². The van der Waals surface area contributed by atoms with Crippen molar-refractivity contribution in [2.24, 2.45) is 0 Å². The SMILES string of the molecule is CNCC(=O)N1C2CCNCC1CC2. The predicted octanol–water partition coefficient (Wildman–Crippen LogP) is -0.441. The molecule has 2 aliphatic rings. The molecule has 4 heteroatoms. The summed E-state index contributed by atoms with van der Waals surface area (Å²) >= 11 is 0. The summed E-state index contributed by atoms with van der Waals surface area (Å²) in [5, 5.41) is 6.33. The van der Waals surface area contributed by atoms with Crippen molar-refractivity contribution in [1.82, 2.24) is 15.5 Å². The second-order valence-electron chi connectivity index (χ2n) is 4.21. The smallest absolute Gasteiger partial charge is 0.237 e. The normalized spacial score (nSPS) is 31.6. The molecule has 4 nitrogen and oxygen atoms in total. The Morgan fingerprint density at radius 3 is 3.00 bits per heavy atom. The molecule has 0 aromatic heterocycles. The van der Waals surface area contributed by atoms with Gasteiger partial charge in [0.1, 0.15) is 0 Å². The first kappa shape index (κ1) is 9.93. The number of nitrogens with one attached hydrogen (secondary N) is 2. The lowest BCUT2D eigenvalue weighted by atomic mass is 10.1. The van der Waals surface area contributed by atoms with Crippen LogP contribution in [0.1, 0.15) is 19.3 Å². The molecule has 2 unspecified atom stereocenters. The maximum atomic E-state index is 11.8. The molecule has 1 amide bonds. The van der Waals surface area contributed by atoms with E-state index in [2.05, 4.69) is 15.5 Å². The fraction of sp³-hybridized carbons (Fsp3) is 0.900. The summed E-state index contributed by atoms with van der Waals surface area (Å²) in [5.41, 5.74) is 0. The van der Waals surface area contributed by atoms with E-state index < -0.39 is 0 Å². The number of fused-ring (bicyclic) bond motifs is 2. The van der Waals surface area contributed by atoms with Crippen LogP contribution < -0.4 is 10.6 Å². The van der Waals surface area contributed by atoms with Gasteiger partial charge in [-0.05, 0) is 32.9 Å². The molecule has 0 aliphatic carbocycles. The Bertz CT molecular complexity index is 205. The fourth-order valence-corrected chi connectivity index (χ4v) is 2.63. The number of carbonyl (C=O) groups excluding carboxylic acids is 1. The summed E-state index contributed by atoms with van der Waals surface area (Å²) in [6, 6.07) is 0.944. The molecule has 0 saturated carbocycles. The van der Waals surface area contributed by atoms with E-state index in [1.807, 2.05) is 7.05 Å². The molecule has 2 fully saturated rings. The third-order valence-corrected chi connectivity index (χ3v) is 3.27. The minimum atomic E-state index is 0.267. The van der Waals surface area contributed by atoms with E-state index in [-0.39, 0.29) is 5.91 Å². The molecule has 0 spiro atoms. The van der Waals surface area contributed by atoms with E-state index in [0.29, 0.717) is 18.6 Å². The number of hydrogen-bond donors (Lipinski definition) is 2. The lowest BCUT2D eigenvalue weighted by Gasteiger charge is -2.27. The van der Waals surface area contributed by atoms with Crippen LogP contribution in [0.25, 0.3) is 0 Å². The maximum absolute atomic E-state index is 11.8. The van der Waals surface area contributed by atoms with Crippen molar-refractivity contribution in [2.75, 3.05) is 26.7 Å². The summed E-state index contributed by atoms with van der Waals surface area (Å²) in [4.78, 5) is 14.0. The van der Waals surface area contributed by atoms with Crippen molar-refractivity contribution < 1.29 is 4.79 Å². The Labute approximate surface area is 85.0 Å². The third-order valence-electron chi connectivity index (χ3n) is 3.27. The number of likely N-dealkylation sites (N-methyl/N-ethyl adjacent to an activating group) is 1. The van der Waals surface area contributed by atoms with Crippen molar-refractivity contribution >= 4 is 5.91 Å². The highest BCUT2D eigenvalue weighted by Crippen LogP contribution is 2.27. The van der Waals surface area contributed by atoms with Gasteiger partial charge in [0, 0.05) is 18.6 Å². The topological polar surface area (TPSA) is 44.4 Å². The molecule has 2 saturated heterocycles. The average molecular weight is 197 g/mol. The summed E-state index contributed by atoms with van der Waals surface area (Å²) in [6.45, 7) is 2.52. The number of amides is 1. The lowest BCUT2D eigenvalue weighted by molar-refractivity contribution is -0.132. The quantitative estimate of drug-likeness (QED) is 0.631. The largest absolute Gasteiger partial charge is 0.334 e. The van der Waals surface area contributed by atoms with Gasteiger partial charge >= 0.3 is 0 Å². The number of hydrogen-bond acceptors (Lipinski definition) is 3. The molecule has 80 valence electrons. The van der Waals surface area contributed by atoms with Gasteiger partial charge in [-0.1, -0.05) is 0 Å². The van der Waals surface area contributed by atoms with Crippen molar-refractivity contribution in [3.63, 3.8) is 0 Å². The molecular weight excluding hydrogens is 178 g/mol. The lowest BCUT2D eigenvalue weighted by Crippen LogP contribution is -2.45. The summed E-state index contributed by atoms with van der Waals surface area (Å²) in [7, 11) is 1.83. The Hall–Kier alpha value is -0.610. The molecule has 0 radical (unpaired) electrons. The molecule has 2 rings (SSSR count). The van der Waals surface area contributed by atoms with Crippen LogP contribution in [0.5, 0.6) is 0 Å². The molecule has 2 N–H and O–H groups in total. The number of carbonyl (C=O) groups is 1. The van der Waals surface area contributed by atoms with Gasteiger partial charge in [0.25, 0.3) is 0 Å². The second-order valence-corrected chi connectivity index (χ2v) is 4.21. The van der Waals surface area contributed by atoms with Crippen LogP contribution in [0.2, 0.25) is 0 Å². The van der Waals surface area contributed by atoms with E-state index >= 15 is 0 Å². The van der Waals surface area contributed by atoms with Gasteiger partial charge in [-0.3, -0.25) is 4.79 Å². The second kappa shape index (κ2) is 4.28. The average Bonchev–Trinajstić information content (AvgIpc) is 2.40. The van der Waals surface area contributed by atoms with Crippen molar-refractivity contribution in [3.05, 3.63) is 0 Å². The zero-order chi connectivity index (χ0) is 9.97. The molecule has 2 aliphatic heterocycles. The first-order valence-corrected chi connectivity index (χ1v) is 5.49. The van der Waals surface area contributed by atoms with Crippen LogP contribution >= 0.6 is 0 Å². The molecule has 14 heavy (non-hydrogen) atoms. The van der Waals surface area contributed by atoms with Gasteiger partial charge < -0.3 is 15.5 Å². The van der Waals surface area contributed by atoms with Gasteiger partial charge in [-0.25, -0.2) is 0 Å². The molecule has 2 bridgehead atoms. The molecule has 0 aromatic carbocycles. The molecule has 2 atom stereocenters. The molecule has 2 heterocycles. The van der Waals surface area contributed by atoms with Gasteiger partial charge in [-0.2, -0.15) is 0 Å². The zero-order valence-electron chi connectivity index (χ0n) is 8.75. The number of rotatable bonds is 2. The van der Waals surface area contributed by atoms with Crippen LogP contribution in [0.4, 0.5) is 0 Å². The van der Waals surface area contributed by atoms with Gasteiger partial charge in [-0.15, -0.1) is 0 Å². The highest BCUT2D eigenvalue weighted by molar-refractivity contribution is 5.79. The van der Waals surface area contributed by atoms with E-state index in [0.717, 1.165) is 19.5 Å².